The Morgan fingerprint density at radius 3 is 2.80 bits per heavy atom. The summed E-state index contributed by atoms with van der Waals surface area (Å²) in [6.07, 6.45) is 2.90. The van der Waals surface area contributed by atoms with Crippen molar-refractivity contribution in [2.75, 3.05) is 13.1 Å². The van der Waals surface area contributed by atoms with Gasteiger partial charge in [0.05, 0.1) is 0 Å². The van der Waals surface area contributed by atoms with Crippen molar-refractivity contribution in [3.8, 4) is 0 Å². The van der Waals surface area contributed by atoms with E-state index < -0.39 is 5.97 Å². The summed E-state index contributed by atoms with van der Waals surface area (Å²) in [4.78, 5) is 13.2. The van der Waals surface area contributed by atoms with Gasteiger partial charge in [0.1, 0.15) is 6.04 Å². The van der Waals surface area contributed by atoms with Crippen molar-refractivity contribution in [3.63, 3.8) is 0 Å². The minimum Gasteiger partial charge on any atom is -0.480 e. The van der Waals surface area contributed by atoms with Crippen molar-refractivity contribution in [2.24, 2.45) is 11.7 Å². The summed E-state index contributed by atoms with van der Waals surface area (Å²) in [7, 11) is 0. The summed E-state index contributed by atoms with van der Waals surface area (Å²) < 4.78 is 0. The summed E-state index contributed by atoms with van der Waals surface area (Å²) in [5, 5.41) is 9.14. The molecule has 1 heterocycles. The van der Waals surface area contributed by atoms with E-state index in [1.807, 2.05) is 6.92 Å². The van der Waals surface area contributed by atoms with E-state index in [-0.39, 0.29) is 12.1 Å². The van der Waals surface area contributed by atoms with E-state index in [1.54, 1.807) is 0 Å². The molecule has 1 aliphatic heterocycles. The van der Waals surface area contributed by atoms with Gasteiger partial charge in [-0.05, 0) is 31.7 Å². The Morgan fingerprint density at radius 1 is 1.67 bits per heavy atom. The van der Waals surface area contributed by atoms with Crippen LogP contribution in [0.5, 0.6) is 0 Å². The second-order valence-corrected chi connectivity index (χ2v) is 4.42. The van der Waals surface area contributed by atoms with E-state index in [0.717, 1.165) is 19.4 Å². The molecule has 0 aromatic carbocycles. The Kier molecular flexibility index (Phi) is 4.54. The fourth-order valence-corrected chi connectivity index (χ4v) is 2.59. The maximum absolute atomic E-state index is 11.1. The number of nitrogens with two attached hydrogens (primary N) is 1. The zero-order valence-corrected chi connectivity index (χ0v) is 9.65. The first-order valence-corrected chi connectivity index (χ1v) is 5.80. The Hall–Kier alpha value is -0.610. The third kappa shape index (κ3) is 2.69. The van der Waals surface area contributed by atoms with Gasteiger partial charge in [0.25, 0.3) is 0 Å². The number of rotatable bonds is 4. The molecule has 15 heavy (non-hydrogen) atoms. The van der Waals surface area contributed by atoms with Gasteiger partial charge in [-0.2, -0.15) is 0 Å². The smallest absolute Gasteiger partial charge is 0.320 e. The molecule has 3 N–H and O–H groups in total. The topological polar surface area (TPSA) is 66.6 Å². The molecule has 0 bridgehead atoms. The highest BCUT2D eigenvalue weighted by Crippen LogP contribution is 2.25. The molecule has 1 saturated heterocycles. The van der Waals surface area contributed by atoms with E-state index >= 15 is 0 Å². The number of likely N-dealkylation sites (tertiary alicyclic amines) is 1. The predicted molar refractivity (Wildman–Crippen MR) is 59.7 cm³/mol. The third-order valence-corrected chi connectivity index (χ3v) is 3.47. The molecule has 4 heteroatoms. The van der Waals surface area contributed by atoms with Gasteiger partial charge in [-0.1, -0.05) is 13.8 Å². The summed E-state index contributed by atoms with van der Waals surface area (Å²) in [6.45, 7) is 5.52. The Labute approximate surface area is 91.4 Å². The first-order valence-electron chi connectivity index (χ1n) is 5.80. The molecule has 0 aromatic rings. The summed E-state index contributed by atoms with van der Waals surface area (Å²) in [5.41, 5.74) is 5.74. The minimum atomic E-state index is -0.718. The summed E-state index contributed by atoms with van der Waals surface area (Å²) >= 11 is 0. The number of carboxylic acids is 1. The van der Waals surface area contributed by atoms with Crippen molar-refractivity contribution in [2.45, 2.75) is 45.2 Å². The van der Waals surface area contributed by atoms with Gasteiger partial charge in [-0.3, -0.25) is 9.69 Å². The van der Waals surface area contributed by atoms with Gasteiger partial charge >= 0.3 is 5.97 Å². The van der Waals surface area contributed by atoms with E-state index in [4.69, 9.17) is 10.8 Å². The van der Waals surface area contributed by atoms with Crippen LogP contribution < -0.4 is 5.73 Å². The van der Waals surface area contributed by atoms with E-state index in [0.29, 0.717) is 18.9 Å². The van der Waals surface area contributed by atoms with Gasteiger partial charge in [0.15, 0.2) is 0 Å². The summed E-state index contributed by atoms with van der Waals surface area (Å²) in [6, 6.07) is -0.124. The lowest BCUT2D eigenvalue weighted by Gasteiger charge is -2.42. The standard InChI is InChI=1S/C11H22N2O2/c1-3-9(11(14)15)13-6-4-5-8(2)10(13)7-12/h8-10H,3-7,12H2,1-2H3,(H,14,15). The van der Waals surface area contributed by atoms with Gasteiger partial charge < -0.3 is 10.8 Å². The number of piperidine rings is 1. The lowest BCUT2D eigenvalue weighted by molar-refractivity contribution is -0.145. The number of aliphatic carboxylic acids is 1. The van der Waals surface area contributed by atoms with Crippen LogP contribution >= 0.6 is 0 Å². The van der Waals surface area contributed by atoms with Crippen molar-refractivity contribution in [1.82, 2.24) is 4.90 Å². The number of carbonyl (C=O) groups is 1. The Morgan fingerprint density at radius 2 is 2.33 bits per heavy atom. The fourth-order valence-electron chi connectivity index (χ4n) is 2.59. The van der Waals surface area contributed by atoms with Crippen molar-refractivity contribution < 1.29 is 9.90 Å². The highest BCUT2D eigenvalue weighted by Gasteiger charge is 2.34. The van der Waals surface area contributed by atoms with Crippen LogP contribution in [0.15, 0.2) is 0 Å². The number of nitrogens with zero attached hydrogens (tertiary/aromatic N) is 1. The van der Waals surface area contributed by atoms with Crippen LogP contribution in [0.2, 0.25) is 0 Å². The average molecular weight is 214 g/mol. The largest absolute Gasteiger partial charge is 0.480 e. The molecule has 88 valence electrons. The molecular weight excluding hydrogens is 192 g/mol. The second-order valence-electron chi connectivity index (χ2n) is 4.42. The van der Waals surface area contributed by atoms with Crippen LogP contribution in [0.4, 0.5) is 0 Å². The third-order valence-electron chi connectivity index (χ3n) is 3.47. The number of hydrogen-bond acceptors (Lipinski definition) is 3. The molecule has 0 amide bonds. The quantitative estimate of drug-likeness (QED) is 0.730. The van der Waals surface area contributed by atoms with Gasteiger partial charge in [0, 0.05) is 12.6 Å². The first kappa shape index (κ1) is 12.5. The lowest BCUT2D eigenvalue weighted by atomic mass is 9.89. The zero-order valence-electron chi connectivity index (χ0n) is 9.65. The highest BCUT2D eigenvalue weighted by molar-refractivity contribution is 5.73. The Bertz CT molecular complexity index is 221. The Balaban J connectivity index is 2.75. The normalized spacial score (nSPS) is 30.1. The van der Waals surface area contributed by atoms with E-state index in [2.05, 4.69) is 11.8 Å². The lowest BCUT2D eigenvalue weighted by Crippen LogP contribution is -2.55. The zero-order chi connectivity index (χ0) is 11.4. The molecule has 0 spiro atoms. The van der Waals surface area contributed by atoms with Gasteiger partial charge in [-0.15, -0.1) is 0 Å². The molecule has 1 rings (SSSR count). The van der Waals surface area contributed by atoms with Crippen LogP contribution in [0, 0.1) is 5.92 Å². The molecule has 4 nitrogen and oxygen atoms in total. The summed E-state index contributed by atoms with van der Waals surface area (Å²) in [5.74, 6) is -0.206. The SMILES string of the molecule is CCC(C(=O)O)N1CCCC(C)C1CN. The van der Waals surface area contributed by atoms with Crippen molar-refractivity contribution >= 4 is 5.97 Å². The number of hydrogen-bond donors (Lipinski definition) is 2. The van der Waals surface area contributed by atoms with Gasteiger partial charge in [-0.25, -0.2) is 0 Å². The number of carboxylic acid groups (broad SMARTS) is 1. The molecule has 1 aliphatic rings. The van der Waals surface area contributed by atoms with Crippen molar-refractivity contribution in [3.05, 3.63) is 0 Å². The van der Waals surface area contributed by atoms with Crippen LogP contribution in [0.1, 0.15) is 33.1 Å². The van der Waals surface area contributed by atoms with Crippen LogP contribution in [-0.2, 0) is 4.79 Å². The van der Waals surface area contributed by atoms with Crippen molar-refractivity contribution in [1.29, 1.82) is 0 Å². The predicted octanol–water partition coefficient (Wildman–Crippen LogP) is 0.909. The molecule has 0 saturated carbocycles. The monoisotopic (exact) mass is 214 g/mol. The molecule has 0 aliphatic carbocycles. The fraction of sp³-hybridized carbons (Fsp3) is 0.909. The maximum Gasteiger partial charge on any atom is 0.320 e. The minimum absolute atomic E-state index is 0.236. The van der Waals surface area contributed by atoms with Crippen LogP contribution in [0.3, 0.4) is 0 Å². The first-order chi connectivity index (χ1) is 7.11. The molecule has 0 aromatic heterocycles. The molecule has 1 fully saturated rings. The van der Waals surface area contributed by atoms with Crippen LogP contribution in [-0.4, -0.2) is 41.1 Å². The molecular formula is C11H22N2O2. The average Bonchev–Trinajstić information content (AvgIpc) is 2.18. The van der Waals surface area contributed by atoms with E-state index in [9.17, 15) is 4.79 Å². The molecule has 3 atom stereocenters. The van der Waals surface area contributed by atoms with Gasteiger partial charge in [0.2, 0.25) is 0 Å². The maximum atomic E-state index is 11.1. The molecule has 3 unspecified atom stereocenters. The second kappa shape index (κ2) is 5.47. The highest BCUT2D eigenvalue weighted by atomic mass is 16.4. The van der Waals surface area contributed by atoms with E-state index in [1.165, 1.54) is 0 Å². The molecule has 0 radical (unpaired) electrons. The van der Waals surface area contributed by atoms with Crippen LogP contribution in [0.25, 0.3) is 0 Å².